The smallest absolute Gasteiger partial charge is 0.180 e. The maximum Gasteiger partial charge on any atom is 0.180 e. The Balaban J connectivity index is 2.39. The van der Waals surface area contributed by atoms with Crippen LogP contribution in [0, 0.1) is 11.6 Å². The molecule has 0 aliphatic rings. The normalized spacial score (nSPS) is 10.4. The first-order valence-corrected chi connectivity index (χ1v) is 7.30. The fourth-order valence-electron chi connectivity index (χ4n) is 1.48. The molecule has 0 aliphatic heterocycles. The zero-order chi connectivity index (χ0) is 14.9. The van der Waals surface area contributed by atoms with Crippen molar-refractivity contribution in [3.8, 4) is 11.5 Å². The van der Waals surface area contributed by atoms with Crippen molar-refractivity contribution in [2.24, 2.45) is 5.73 Å². The molecule has 0 spiro atoms. The molecule has 0 atom stereocenters. The molecule has 0 aliphatic carbocycles. The Bertz CT molecular complexity index is 694. The van der Waals surface area contributed by atoms with Crippen LogP contribution in [0.1, 0.15) is 5.56 Å². The summed E-state index contributed by atoms with van der Waals surface area (Å²) in [5, 5.41) is 0. The third kappa shape index (κ3) is 3.16. The lowest BCUT2D eigenvalue weighted by Gasteiger charge is -2.11. The number of halogens is 4. The predicted molar refractivity (Wildman–Crippen MR) is 84.2 cm³/mol. The average Bonchev–Trinajstić information content (AvgIpc) is 2.37. The summed E-state index contributed by atoms with van der Waals surface area (Å²) in [6.07, 6.45) is 0. The molecule has 7 heteroatoms. The molecule has 0 saturated heterocycles. The van der Waals surface area contributed by atoms with Gasteiger partial charge in [0, 0.05) is 10.0 Å². The molecule has 0 aromatic heterocycles. The van der Waals surface area contributed by atoms with Crippen molar-refractivity contribution in [3.63, 3.8) is 0 Å². The fourth-order valence-corrected chi connectivity index (χ4v) is 2.65. The van der Waals surface area contributed by atoms with E-state index in [9.17, 15) is 8.78 Å². The Hall–Kier alpha value is -1.05. The van der Waals surface area contributed by atoms with Crippen molar-refractivity contribution >= 4 is 49.1 Å². The van der Waals surface area contributed by atoms with Crippen LogP contribution in [0.2, 0.25) is 0 Å². The Morgan fingerprint density at radius 1 is 1.10 bits per heavy atom. The summed E-state index contributed by atoms with van der Waals surface area (Å²) in [7, 11) is 0. The minimum atomic E-state index is -0.697. The van der Waals surface area contributed by atoms with Crippen molar-refractivity contribution in [2.45, 2.75) is 0 Å². The summed E-state index contributed by atoms with van der Waals surface area (Å²) in [4.78, 5) is 0.0529. The van der Waals surface area contributed by atoms with Gasteiger partial charge in [0.05, 0.1) is 4.47 Å². The van der Waals surface area contributed by atoms with E-state index in [4.69, 9.17) is 22.7 Å². The third-order valence-corrected chi connectivity index (χ3v) is 3.91. The number of benzene rings is 2. The molecule has 2 rings (SSSR count). The van der Waals surface area contributed by atoms with Crippen LogP contribution in [0.25, 0.3) is 0 Å². The molecule has 0 radical (unpaired) electrons. The molecule has 0 amide bonds. The van der Waals surface area contributed by atoms with Crippen LogP contribution in [0.15, 0.2) is 39.3 Å². The van der Waals surface area contributed by atoms with Crippen molar-refractivity contribution in [1.82, 2.24) is 0 Å². The van der Waals surface area contributed by atoms with Gasteiger partial charge in [0.15, 0.2) is 23.1 Å². The van der Waals surface area contributed by atoms with Crippen LogP contribution in [-0.4, -0.2) is 4.99 Å². The Morgan fingerprint density at radius 2 is 1.75 bits per heavy atom. The number of hydrogen-bond donors (Lipinski definition) is 1. The minimum Gasteiger partial charge on any atom is -0.451 e. The molecular weight excluding hydrogens is 416 g/mol. The molecular formula is C13H7Br2F2NOS. The van der Waals surface area contributed by atoms with E-state index in [0.29, 0.717) is 10.0 Å². The fraction of sp³-hybridized carbons (Fsp3) is 0. The van der Waals surface area contributed by atoms with Crippen LogP contribution in [0.3, 0.4) is 0 Å². The second-order valence-corrected chi connectivity index (χ2v) is 5.93. The van der Waals surface area contributed by atoms with Gasteiger partial charge in [-0.15, -0.1) is 0 Å². The number of hydrogen-bond acceptors (Lipinski definition) is 2. The maximum absolute atomic E-state index is 14.1. The van der Waals surface area contributed by atoms with E-state index >= 15 is 0 Å². The quantitative estimate of drug-likeness (QED) is 0.713. The highest BCUT2D eigenvalue weighted by molar-refractivity contribution is 9.10. The van der Waals surface area contributed by atoms with Crippen LogP contribution in [-0.2, 0) is 0 Å². The van der Waals surface area contributed by atoms with Crippen molar-refractivity contribution < 1.29 is 13.5 Å². The van der Waals surface area contributed by atoms with Gasteiger partial charge in [-0.1, -0.05) is 28.1 Å². The highest BCUT2D eigenvalue weighted by Crippen LogP contribution is 2.33. The van der Waals surface area contributed by atoms with E-state index in [2.05, 4.69) is 31.9 Å². The van der Waals surface area contributed by atoms with Crippen molar-refractivity contribution in [3.05, 3.63) is 56.5 Å². The van der Waals surface area contributed by atoms with Crippen molar-refractivity contribution in [1.29, 1.82) is 0 Å². The van der Waals surface area contributed by atoms with E-state index in [1.54, 1.807) is 6.07 Å². The minimum absolute atomic E-state index is 0.0529. The number of ether oxygens (including phenoxy) is 1. The number of nitrogens with two attached hydrogens (primary N) is 1. The molecule has 0 heterocycles. The van der Waals surface area contributed by atoms with Gasteiger partial charge >= 0.3 is 0 Å². The number of thiocarbonyl (C=S) groups is 1. The molecule has 2 N–H and O–H groups in total. The summed E-state index contributed by atoms with van der Waals surface area (Å²) >= 11 is 11.0. The first-order valence-electron chi connectivity index (χ1n) is 5.31. The SMILES string of the molecule is NC(=S)c1ccc(Oc2ccc(Br)cc2F)c(F)c1Br. The molecule has 2 aromatic carbocycles. The largest absolute Gasteiger partial charge is 0.451 e. The lowest BCUT2D eigenvalue weighted by atomic mass is 10.2. The Morgan fingerprint density at radius 3 is 2.35 bits per heavy atom. The van der Waals surface area contributed by atoms with Gasteiger partial charge in [-0.2, -0.15) is 0 Å². The molecule has 0 unspecified atom stereocenters. The standard InChI is InChI=1S/C13H7Br2F2NOS/c14-6-1-3-9(8(16)5-6)19-10-4-2-7(13(18)20)11(15)12(10)17/h1-5H,(H2,18,20). The van der Waals surface area contributed by atoms with Crippen LogP contribution in [0.5, 0.6) is 11.5 Å². The number of rotatable bonds is 3. The van der Waals surface area contributed by atoms with E-state index < -0.39 is 11.6 Å². The zero-order valence-corrected chi connectivity index (χ0v) is 13.8. The molecule has 2 aromatic rings. The van der Waals surface area contributed by atoms with E-state index in [1.165, 1.54) is 24.3 Å². The van der Waals surface area contributed by atoms with E-state index in [1.807, 2.05) is 0 Å². The summed E-state index contributed by atoms with van der Waals surface area (Å²) in [5.41, 5.74) is 5.80. The first-order chi connectivity index (χ1) is 9.40. The molecule has 2 nitrogen and oxygen atoms in total. The van der Waals surface area contributed by atoms with Crippen molar-refractivity contribution in [2.75, 3.05) is 0 Å². The van der Waals surface area contributed by atoms with E-state index in [-0.39, 0.29) is 21.0 Å². The second-order valence-electron chi connectivity index (χ2n) is 3.78. The molecule has 104 valence electrons. The maximum atomic E-state index is 14.1. The zero-order valence-electron chi connectivity index (χ0n) is 9.79. The molecule has 0 fully saturated rings. The molecule has 0 saturated carbocycles. The van der Waals surface area contributed by atoms with Gasteiger partial charge in [-0.3, -0.25) is 0 Å². The summed E-state index contributed by atoms with van der Waals surface area (Å²) in [6.45, 7) is 0. The first kappa shape index (κ1) is 15.3. The van der Waals surface area contributed by atoms with E-state index in [0.717, 1.165) is 0 Å². The third-order valence-electron chi connectivity index (χ3n) is 2.43. The Kier molecular flexibility index (Phi) is 4.72. The average molecular weight is 423 g/mol. The van der Waals surface area contributed by atoms with Gasteiger partial charge in [0.2, 0.25) is 0 Å². The monoisotopic (exact) mass is 421 g/mol. The highest BCUT2D eigenvalue weighted by atomic mass is 79.9. The summed E-state index contributed by atoms with van der Waals surface area (Å²) in [5.74, 6) is -1.51. The van der Waals surface area contributed by atoms with Gasteiger partial charge in [0.1, 0.15) is 4.99 Å². The summed E-state index contributed by atoms with van der Waals surface area (Å²) < 4.78 is 33.6. The van der Waals surface area contributed by atoms with Crippen LogP contribution < -0.4 is 10.5 Å². The molecule has 20 heavy (non-hydrogen) atoms. The lowest BCUT2D eigenvalue weighted by Crippen LogP contribution is -2.11. The van der Waals surface area contributed by atoms with Gasteiger partial charge < -0.3 is 10.5 Å². The highest BCUT2D eigenvalue weighted by Gasteiger charge is 2.15. The van der Waals surface area contributed by atoms with Crippen LogP contribution in [0.4, 0.5) is 8.78 Å². The lowest BCUT2D eigenvalue weighted by molar-refractivity contribution is 0.413. The predicted octanol–water partition coefficient (Wildman–Crippen LogP) is 4.92. The second kappa shape index (κ2) is 6.15. The van der Waals surface area contributed by atoms with Crippen LogP contribution >= 0.6 is 44.1 Å². The van der Waals surface area contributed by atoms with Gasteiger partial charge in [0.25, 0.3) is 0 Å². The van der Waals surface area contributed by atoms with Gasteiger partial charge in [-0.05, 0) is 46.3 Å². The summed E-state index contributed by atoms with van der Waals surface area (Å²) in [6, 6.07) is 7.06. The van der Waals surface area contributed by atoms with Gasteiger partial charge in [-0.25, -0.2) is 8.78 Å². The Labute approximate surface area is 136 Å². The topological polar surface area (TPSA) is 35.2 Å². The molecule has 0 bridgehead atoms.